The Kier molecular flexibility index (Phi) is 6.03. The van der Waals surface area contributed by atoms with Crippen LogP contribution in [0.3, 0.4) is 0 Å². The molecule has 0 bridgehead atoms. The Morgan fingerprint density at radius 2 is 1.86 bits per heavy atom. The van der Waals surface area contributed by atoms with Crippen molar-refractivity contribution in [2.75, 3.05) is 19.6 Å². The van der Waals surface area contributed by atoms with Crippen molar-refractivity contribution in [2.24, 2.45) is 0 Å². The number of carbonyl (C=O) groups excluding carboxylic acids is 1. The normalized spacial score (nSPS) is 15.2. The van der Waals surface area contributed by atoms with Crippen LogP contribution in [0.4, 0.5) is 0 Å². The van der Waals surface area contributed by atoms with Crippen LogP contribution in [0.5, 0.6) is 0 Å². The lowest BCUT2D eigenvalue weighted by atomic mass is 10.2. The van der Waals surface area contributed by atoms with Crippen LogP contribution in [0, 0.1) is 0 Å². The highest BCUT2D eigenvalue weighted by Gasteiger charge is 2.28. The number of sulfonamides is 1. The van der Waals surface area contributed by atoms with Crippen LogP contribution in [0.25, 0.3) is 10.9 Å². The van der Waals surface area contributed by atoms with Gasteiger partial charge in [0.05, 0.1) is 6.42 Å². The van der Waals surface area contributed by atoms with Crippen LogP contribution >= 0.6 is 11.3 Å². The Balaban J connectivity index is 1.25. The molecular formula is C21H25N3O3S2. The number of aromatic nitrogens is 1. The van der Waals surface area contributed by atoms with Crippen molar-refractivity contribution in [3.05, 3.63) is 53.5 Å². The van der Waals surface area contributed by atoms with Crippen molar-refractivity contribution in [1.29, 1.82) is 0 Å². The van der Waals surface area contributed by atoms with E-state index < -0.39 is 10.0 Å². The highest BCUT2D eigenvalue weighted by atomic mass is 32.2. The highest BCUT2D eigenvalue weighted by Crippen LogP contribution is 2.27. The van der Waals surface area contributed by atoms with Crippen LogP contribution in [-0.2, 0) is 27.8 Å². The summed E-state index contributed by atoms with van der Waals surface area (Å²) in [4.78, 5) is 13.0. The number of carbonyl (C=O) groups is 1. The van der Waals surface area contributed by atoms with Crippen LogP contribution in [0.15, 0.2) is 52.9 Å². The molecule has 6 nitrogen and oxygen atoms in total. The summed E-state index contributed by atoms with van der Waals surface area (Å²) in [5, 5.41) is 4.16. The van der Waals surface area contributed by atoms with E-state index in [2.05, 4.69) is 34.3 Å². The van der Waals surface area contributed by atoms with Gasteiger partial charge in [-0.2, -0.15) is 4.31 Å². The molecule has 4 rings (SSSR count). The second-order valence-corrected chi connectivity index (χ2v) is 10.6. The molecule has 1 saturated heterocycles. The third-order valence-electron chi connectivity index (χ3n) is 5.21. The second kappa shape index (κ2) is 8.69. The van der Waals surface area contributed by atoms with E-state index >= 15 is 0 Å². The number of fused-ring (bicyclic) bond motifs is 1. The van der Waals surface area contributed by atoms with Gasteiger partial charge in [0.1, 0.15) is 4.21 Å². The van der Waals surface area contributed by atoms with Crippen molar-refractivity contribution >= 4 is 38.2 Å². The van der Waals surface area contributed by atoms with Crippen molar-refractivity contribution < 1.29 is 13.2 Å². The van der Waals surface area contributed by atoms with Crippen LogP contribution in [-0.4, -0.2) is 42.8 Å². The lowest BCUT2D eigenvalue weighted by Crippen LogP contribution is -2.27. The van der Waals surface area contributed by atoms with Gasteiger partial charge in [-0.05, 0) is 48.9 Å². The van der Waals surface area contributed by atoms with Gasteiger partial charge in [-0.15, -0.1) is 11.3 Å². The summed E-state index contributed by atoms with van der Waals surface area (Å²) in [6.45, 7) is 2.61. The van der Waals surface area contributed by atoms with Crippen molar-refractivity contribution in [3.8, 4) is 0 Å². The van der Waals surface area contributed by atoms with E-state index in [-0.39, 0.29) is 12.3 Å². The summed E-state index contributed by atoms with van der Waals surface area (Å²) in [5.74, 6) is -0.0747. The molecule has 0 saturated carbocycles. The lowest BCUT2D eigenvalue weighted by molar-refractivity contribution is -0.120. The van der Waals surface area contributed by atoms with E-state index in [0.717, 1.165) is 30.7 Å². The molecule has 0 aliphatic carbocycles. The maximum absolute atomic E-state index is 12.6. The first-order valence-corrected chi connectivity index (χ1v) is 12.2. The monoisotopic (exact) mass is 431 g/mol. The fraction of sp³-hybridized carbons (Fsp3) is 0.381. The molecule has 1 amide bonds. The van der Waals surface area contributed by atoms with E-state index in [1.165, 1.54) is 26.5 Å². The maximum atomic E-state index is 12.6. The third-order valence-corrected chi connectivity index (χ3v) is 8.66. The molecule has 154 valence electrons. The van der Waals surface area contributed by atoms with Gasteiger partial charge in [-0.1, -0.05) is 18.2 Å². The summed E-state index contributed by atoms with van der Waals surface area (Å²) in [5.41, 5.74) is 1.20. The van der Waals surface area contributed by atoms with Gasteiger partial charge in [-0.25, -0.2) is 8.42 Å². The number of nitrogens with zero attached hydrogens (tertiary/aromatic N) is 2. The fourth-order valence-corrected chi connectivity index (χ4v) is 6.71. The van der Waals surface area contributed by atoms with Crippen molar-refractivity contribution in [2.45, 2.75) is 36.4 Å². The molecule has 29 heavy (non-hydrogen) atoms. The molecule has 2 aromatic heterocycles. The first-order valence-electron chi connectivity index (χ1n) is 9.93. The minimum absolute atomic E-state index is 0.0747. The zero-order valence-corrected chi connectivity index (χ0v) is 17.8. The number of thiophene rings is 1. The van der Waals surface area contributed by atoms with Gasteiger partial charge in [0.2, 0.25) is 5.91 Å². The fourth-order valence-electron chi connectivity index (χ4n) is 3.68. The van der Waals surface area contributed by atoms with E-state index in [1.54, 1.807) is 12.1 Å². The largest absolute Gasteiger partial charge is 0.356 e. The molecule has 3 heterocycles. The number of aryl methyl sites for hydroxylation is 1. The quantitative estimate of drug-likeness (QED) is 0.557. The number of rotatable bonds is 8. The maximum Gasteiger partial charge on any atom is 0.252 e. The molecular weight excluding hydrogens is 406 g/mol. The van der Waals surface area contributed by atoms with Gasteiger partial charge in [0, 0.05) is 42.8 Å². The minimum Gasteiger partial charge on any atom is -0.356 e. The average molecular weight is 432 g/mol. The number of benzene rings is 1. The Morgan fingerprint density at radius 3 is 2.69 bits per heavy atom. The standard InChI is InChI=1S/C21H25N3O3S2/c25-20(22-11-5-12-23-15-10-17-6-1-2-7-19(17)23)16-18-8-9-21(28-18)29(26,27)24-13-3-4-14-24/h1-2,6-10,15H,3-5,11-14,16H2,(H,22,25). The van der Waals surface area contributed by atoms with Crippen LogP contribution in [0.2, 0.25) is 0 Å². The van der Waals surface area contributed by atoms with E-state index in [1.807, 2.05) is 12.1 Å². The van der Waals surface area contributed by atoms with Crippen LogP contribution < -0.4 is 5.32 Å². The number of hydrogen-bond donors (Lipinski definition) is 1. The topological polar surface area (TPSA) is 71.4 Å². The first kappa shape index (κ1) is 20.1. The summed E-state index contributed by atoms with van der Waals surface area (Å²) < 4.78 is 29.2. The van der Waals surface area contributed by atoms with E-state index in [9.17, 15) is 13.2 Å². The Hall–Kier alpha value is -2.16. The Bertz CT molecular complexity index is 1100. The molecule has 0 atom stereocenters. The molecule has 8 heteroatoms. The summed E-state index contributed by atoms with van der Waals surface area (Å²) in [6.07, 6.45) is 4.95. The Labute approximate surface area is 175 Å². The summed E-state index contributed by atoms with van der Waals surface area (Å²) in [7, 11) is -3.40. The molecule has 0 radical (unpaired) electrons. The summed E-state index contributed by atoms with van der Waals surface area (Å²) in [6, 6.07) is 13.7. The number of nitrogens with one attached hydrogen (secondary N) is 1. The second-order valence-electron chi connectivity index (χ2n) is 7.28. The zero-order valence-electron chi connectivity index (χ0n) is 16.2. The molecule has 3 aromatic rings. The zero-order chi connectivity index (χ0) is 20.3. The number of para-hydroxylation sites is 1. The van der Waals surface area contributed by atoms with E-state index in [4.69, 9.17) is 0 Å². The molecule has 0 spiro atoms. The van der Waals surface area contributed by atoms with Gasteiger partial charge >= 0.3 is 0 Å². The van der Waals surface area contributed by atoms with Gasteiger partial charge in [-0.3, -0.25) is 4.79 Å². The summed E-state index contributed by atoms with van der Waals surface area (Å²) >= 11 is 1.20. The molecule has 1 aliphatic rings. The molecule has 1 N–H and O–H groups in total. The predicted octanol–water partition coefficient (Wildman–Crippen LogP) is 3.24. The smallest absolute Gasteiger partial charge is 0.252 e. The van der Waals surface area contributed by atoms with Gasteiger partial charge in [0.25, 0.3) is 10.0 Å². The average Bonchev–Trinajstić information content (AvgIpc) is 3.46. The van der Waals surface area contributed by atoms with Crippen molar-refractivity contribution in [1.82, 2.24) is 14.2 Å². The van der Waals surface area contributed by atoms with Crippen LogP contribution in [0.1, 0.15) is 24.1 Å². The molecule has 1 aliphatic heterocycles. The molecule has 1 fully saturated rings. The number of hydrogen-bond acceptors (Lipinski definition) is 4. The molecule has 1 aromatic carbocycles. The van der Waals surface area contributed by atoms with Crippen molar-refractivity contribution in [3.63, 3.8) is 0 Å². The minimum atomic E-state index is -3.40. The first-order chi connectivity index (χ1) is 14.0. The third kappa shape index (κ3) is 4.55. The SMILES string of the molecule is O=C(Cc1ccc(S(=O)(=O)N2CCCC2)s1)NCCCn1ccc2ccccc21. The van der Waals surface area contributed by atoms with Gasteiger partial charge < -0.3 is 9.88 Å². The van der Waals surface area contributed by atoms with E-state index in [0.29, 0.717) is 23.8 Å². The highest BCUT2D eigenvalue weighted by molar-refractivity contribution is 7.91. The lowest BCUT2D eigenvalue weighted by Gasteiger charge is -2.13. The Morgan fingerprint density at radius 1 is 1.07 bits per heavy atom. The predicted molar refractivity (Wildman–Crippen MR) is 116 cm³/mol. The number of amides is 1. The van der Waals surface area contributed by atoms with Gasteiger partial charge in [0.15, 0.2) is 0 Å². The molecule has 0 unspecified atom stereocenters.